The van der Waals surface area contributed by atoms with E-state index < -0.39 is 0 Å². The first-order valence-corrected chi connectivity index (χ1v) is 10.5. The Morgan fingerprint density at radius 2 is 1.25 bits per heavy atom. The van der Waals surface area contributed by atoms with Crippen LogP contribution >= 0.6 is 0 Å². The van der Waals surface area contributed by atoms with Crippen molar-refractivity contribution in [3.05, 3.63) is 115 Å². The summed E-state index contributed by atoms with van der Waals surface area (Å²) in [6.07, 6.45) is 0. The number of fused-ring (bicyclic) bond motifs is 2. The number of para-hydroxylation sites is 1. The van der Waals surface area contributed by atoms with Crippen LogP contribution in [-0.4, -0.2) is 14.8 Å². The van der Waals surface area contributed by atoms with Gasteiger partial charge in [-0.05, 0) is 35.9 Å². The van der Waals surface area contributed by atoms with E-state index in [1.807, 2.05) is 59.3 Å². The summed E-state index contributed by atoms with van der Waals surface area (Å²) in [6, 6.07) is 35.0. The average molecular weight is 415 g/mol. The normalized spacial score (nSPS) is 11.3. The van der Waals surface area contributed by atoms with E-state index >= 15 is 0 Å². The first-order valence-electron chi connectivity index (χ1n) is 10.5. The van der Waals surface area contributed by atoms with Gasteiger partial charge in [0.05, 0.1) is 16.6 Å². The SMILES string of the molecule is Fc1ccc(-n2nc(-c3ccccc3)c3c(-c4ccccc4)c4ccccc4nc32)cc1. The van der Waals surface area contributed by atoms with Crippen molar-refractivity contribution in [2.45, 2.75) is 0 Å². The van der Waals surface area contributed by atoms with Gasteiger partial charge in [-0.1, -0.05) is 78.9 Å². The first kappa shape index (κ1) is 18.5. The summed E-state index contributed by atoms with van der Waals surface area (Å²) in [5, 5.41) is 7.05. The van der Waals surface area contributed by atoms with E-state index in [1.165, 1.54) is 12.1 Å². The standard InChI is InChI=1S/C28H18FN3/c29-21-15-17-22(18-16-21)32-28-26(27(31-32)20-11-5-2-6-12-20)25(19-9-3-1-4-10-19)23-13-7-8-14-24(23)30-28/h1-18H. The molecule has 0 aliphatic heterocycles. The van der Waals surface area contributed by atoms with Crippen LogP contribution in [-0.2, 0) is 0 Å². The molecule has 0 atom stereocenters. The van der Waals surface area contributed by atoms with Gasteiger partial charge >= 0.3 is 0 Å². The average Bonchev–Trinajstić information content (AvgIpc) is 3.23. The van der Waals surface area contributed by atoms with Crippen LogP contribution in [0.3, 0.4) is 0 Å². The molecule has 0 radical (unpaired) electrons. The topological polar surface area (TPSA) is 30.7 Å². The lowest BCUT2D eigenvalue weighted by atomic mass is 9.95. The van der Waals surface area contributed by atoms with E-state index in [1.54, 1.807) is 12.1 Å². The number of aromatic nitrogens is 3. The molecule has 6 rings (SSSR count). The number of rotatable bonds is 3. The molecule has 0 saturated carbocycles. The molecule has 0 bridgehead atoms. The van der Waals surface area contributed by atoms with Gasteiger partial charge in [0.15, 0.2) is 5.65 Å². The third kappa shape index (κ3) is 2.96. The van der Waals surface area contributed by atoms with Crippen molar-refractivity contribution >= 4 is 21.9 Å². The van der Waals surface area contributed by atoms with E-state index in [0.717, 1.165) is 50.0 Å². The highest BCUT2D eigenvalue weighted by Crippen LogP contribution is 2.40. The van der Waals surface area contributed by atoms with Crippen molar-refractivity contribution < 1.29 is 4.39 Å². The molecule has 32 heavy (non-hydrogen) atoms. The fourth-order valence-corrected chi connectivity index (χ4v) is 4.24. The molecule has 4 aromatic carbocycles. The quantitative estimate of drug-likeness (QED) is 0.310. The van der Waals surface area contributed by atoms with Gasteiger partial charge in [-0.3, -0.25) is 0 Å². The van der Waals surface area contributed by atoms with Crippen LogP contribution in [0.4, 0.5) is 4.39 Å². The van der Waals surface area contributed by atoms with Gasteiger partial charge in [0, 0.05) is 16.5 Å². The van der Waals surface area contributed by atoms with Crippen LogP contribution in [0, 0.1) is 5.82 Å². The lowest BCUT2D eigenvalue weighted by molar-refractivity contribution is 0.627. The van der Waals surface area contributed by atoms with E-state index in [4.69, 9.17) is 10.1 Å². The fraction of sp³-hybridized carbons (Fsp3) is 0. The van der Waals surface area contributed by atoms with Crippen molar-refractivity contribution in [3.8, 4) is 28.1 Å². The van der Waals surface area contributed by atoms with Crippen LogP contribution in [0.5, 0.6) is 0 Å². The maximum Gasteiger partial charge on any atom is 0.164 e. The van der Waals surface area contributed by atoms with Gasteiger partial charge in [0.1, 0.15) is 11.5 Å². The minimum absolute atomic E-state index is 0.281. The zero-order chi connectivity index (χ0) is 21.5. The predicted molar refractivity (Wildman–Crippen MR) is 127 cm³/mol. The number of pyridine rings is 1. The molecule has 0 amide bonds. The van der Waals surface area contributed by atoms with E-state index in [0.29, 0.717) is 0 Å². The Morgan fingerprint density at radius 1 is 0.625 bits per heavy atom. The number of hydrogen-bond donors (Lipinski definition) is 0. The number of benzene rings is 4. The molecule has 2 heterocycles. The van der Waals surface area contributed by atoms with E-state index in [9.17, 15) is 4.39 Å². The maximum atomic E-state index is 13.6. The van der Waals surface area contributed by atoms with Gasteiger partial charge in [-0.15, -0.1) is 0 Å². The second kappa shape index (κ2) is 7.43. The molecule has 0 N–H and O–H groups in total. The van der Waals surface area contributed by atoms with Crippen molar-refractivity contribution in [1.29, 1.82) is 0 Å². The molecule has 2 aromatic heterocycles. The molecular weight excluding hydrogens is 397 g/mol. The molecule has 0 aliphatic rings. The monoisotopic (exact) mass is 415 g/mol. The molecule has 3 nitrogen and oxygen atoms in total. The minimum atomic E-state index is -0.281. The summed E-state index contributed by atoms with van der Waals surface area (Å²) in [5.41, 5.74) is 6.45. The van der Waals surface area contributed by atoms with E-state index in [2.05, 4.69) is 30.3 Å². The predicted octanol–water partition coefficient (Wildman–Crippen LogP) is 7.05. The Hall–Kier alpha value is -4.31. The van der Waals surface area contributed by atoms with Crippen molar-refractivity contribution in [2.24, 2.45) is 0 Å². The zero-order valence-electron chi connectivity index (χ0n) is 17.1. The Kier molecular flexibility index (Phi) is 4.29. The third-order valence-corrected chi connectivity index (χ3v) is 5.69. The summed E-state index contributed by atoms with van der Waals surface area (Å²) in [4.78, 5) is 5.02. The molecule has 0 spiro atoms. The second-order valence-corrected chi connectivity index (χ2v) is 7.67. The van der Waals surface area contributed by atoms with Gasteiger partial charge < -0.3 is 0 Å². The highest BCUT2D eigenvalue weighted by Gasteiger charge is 2.21. The highest BCUT2D eigenvalue weighted by molar-refractivity contribution is 6.13. The molecule has 6 aromatic rings. The van der Waals surface area contributed by atoms with Crippen LogP contribution in [0.25, 0.3) is 50.0 Å². The molecule has 0 unspecified atom stereocenters. The zero-order valence-corrected chi connectivity index (χ0v) is 17.1. The summed E-state index contributed by atoms with van der Waals surface area (Å²) in [5.74, 6) is -0.281. The molecular formula is C28H18FN3. The maximum absolute atomic E-state index is 13.6. The number of halogens is 1. The number of nitrogens with zero attached hydrogens (tertiary/aromatic N) is 3. The van der Waals surface area contributed by atoms with Crippen molar-refractivity contribution in [3.63, 3.8) is 0 Å². The minimum Gasteiger partial charge on any atom is -0.228 e. The lowest BCUT2D eigenvalue weighted by Gasteiger charge is -2.11. The summed E-state index contributed by atoms with van der Waals surface area (Å²) in [7, 11) is 0. The van der Waals surface area contributed by atoms with Crippen LogP contribution in [0.1, 0.15) is 0 Å². The Labute approximate surface area is 184 Å². The van der Waals surface area contributed by atoms with Gasteiger partial charge in [-0.25, -0.2) is 14.1 Å². The smallest absolute Gasteiger partial charge is 0.164 e. The fourth-order valence-electron chi connectivity index (χ4n) is 4.24. The molecule has 0 fully saturated rings. The Balaban J connectivity index is 1.81. The largest absolute Gasteiger partial charge is 0.228 e. The number of hydrogen-bond acceptors (Lipinski definition) is 2. The summed E-state index contributed by atoms with van der Waals surface area (Å²) < 4.78 is 15.5. The third-order valence-electron chi connectivity index (χ3n) is 5.69. The van der Waals surface area contributed by atoms with Gasteiger partial charge in [0.25, 0.3) is 0 Å². The molecule has 0 aliphatic carbocycles. The highest BCUT2D eigenvalue weighted by atomic mass is 19.1. The molecule has 152 valence electrons. The lowest BCUT2D eigenvalue weighted by Crippen LogP contribution is -1.98. The second-order valence-electron chi connectivity index (χ2n) is 7.67. The molecule has 0 saturated heterocycles. The summed E-state index contributed by atoms with van der Waals surface area (Å²) >= 11 is 0. The molecule has 4 heteroatoms. The van der Waals surface area contributed by atoms with Crippen LogP contribution < -0.4 is 0 Å². The van der Waals surface area contributed by atoms with Crippen molar-refractivity contribution in [1.82, 2.24) is 14.8 Å². The van der Waals surface area contributed by atoms with E-state index in [-0.39, 0.29) is 5.82 Å². The Morgan fingerprint density at radius 3 is 1.97 bits per heavy atom. The van der Waals surface area contributed by atoms with Gasteiger partial charge in [-0.2, -0.15) is 5.10 Å². The summed E-state index contributed by atoms with van der Waals surface area (Å²) in [6.45, 7) is 0. The van der Waals surface area contributed by atoms with Crippen LogP contribution in [0.2, 0.25) is 0 Å². The Bertz CT molecular complexity index is 1550. The first-order chi connectivity index (χ1) is 15.8. The van der Waals surface area contributed by atoms with Crippen LogP contribution in [0.15, 0.2) is 109 Å². The van der Waals surface area contributed by atoms with Gasteiger partial charge in [0.2, 0.25) is 0 Å². The van der Waals surface area contributed by atoms with Crippen molar-refractivity contribution in [2.75, 3.05) is 0 Å².